The van der Waals surface area contributed by atoms with Gasteiger partial charge in [-0.05, 0) is 12.1 Å². The molecule has 2 heterocycles. The number of nitrogens with two attached hydrogens (primary N) is 1. The third-order valence-electron chi connectivity index (χ3n) is 2.87. The molecule has 0 saturated heterocycles. The van der Waals surface area contributed by atoms with Gasteiger partial charge in [-0.1, -0.05) is 23.4 Å². The molecule has 0 unspecified atom stereocenters. The monoisotopic (exact) mass is 328 g/mol. The van der Waals surface area contributed by atoms with Crippen LogP contribution >= 0.6 is 11.3 Å². The molecular formula is C14H12N6O2S. The number of nitrogens with one attached hydrogen (secondary N) is 1. The van der Waals surface area contributed by atoms with E-state index in [1.165, 1.54) is 22.2 Å². The molecule has 1 aromatic carbocycles. The van der Waals surface area contributed by atoms with Crippen LogP contribution in [-0.2, 0) is 11.2 Å². The Morgan fingerprint density at radius 1 is 1.26 bits per heavy atom. The van der Waals surface area contributed by atoms with Crippen molar-refractivity contribution >= 4 is 28.3 Å². The molecule has 0 spiro atoms. The fraction of sp³-hybridized carbons (Fsp3) is 0.0714. The number of para-hydroxylation sites is 1. The van der Waals surface area contributed by atoms with E-state index in [9.17, 15) is 9.59 Å². The number of hydrogen-bond acceptors (Lipinski definition) is 6. The Bertz CT molecular complexity index is 842. The molecule has 2 amide bonds. The first-order chi connectivity index (χ1) is 11.1. The summed E-state index contributed by atoms with van der Waals surface area (Å²) in [6.07, 6.45) is 1.57. The van der Waals surface area contributed by atoms with Gasteiger partial charge in [0.25, 0.3) is 5.91 Å². The largest absolute Gasteiger partial charge is 0.369 e. The summed E-state index contributed by atoms with van der Waals surface area (Å²) in [5.74, 6) is -0.897. The number of amides is 2. The van der Waals surface area contributed by atoms with Crippen LogP contribution in [0.5, 0.6) is 0 Å². The molecular weight excluding hydrogens is 316 g/mol. The average molecular weight is 328 g/mol. The van der Waals surface area contributed by atoms with Crippen LogP contribution in [0.25, 0.3) is 5.69 Å². The molecule has 23 heavy (non-hydrogen) atoms. The Labute approximate surface area is 135 Å². The van der Waals surface area contributed by atoms with E-state index >= 15 is 0 Å². The third-order valence-corrected chi connectivity index (χ3v) is 3.68. The zero-order chi connectivity index (χ0) is 16.2. The molecule has 0 aliphatic heterocycles. The van der Waals surface area contributed by atoms with E-state index in [-0.39, 0.29) is 12.1 Å². The van der Waals surface area contributed by atoms with Crippen molar-refractivity contribution in [3.8, 4) is 5.69 Å². The molecule has 0 aliphatic carbocycles. The van der Waals surface area contributed by atoms with Crippen molar-refractivity contribution in [3.63, 3.8) is 0 Å². The fourth-order valence-electron chi connectivity index (χ4n) is 1.86. The molecule has 8 nitrogen and oxygen atoms in total. The normalized spacial score (nSPS) is 10.4. The van der Waals surface area contributed by atoms with Crippen LogP contribution in [0.15, 0.2) is 41.9 Å². The molecule has 2 aromatic heterocycles. The minimum Gasteiger partial charge on any atom is -0.369 e. The first-order valence-corrected chi connectivity index (χ1v) is 7.51. The van der Waals surface area contributed by atoms with Gasteiger partial charge in [0.15, 0.2) is 10.8 Å². The smallest absolute Gasteiger partial charge is 0.279 e. The van der Waals surface area contributed by atoms with Crippen LogP contribution in [0, 0.1) is 0 Å². The van der Waals surface area contributed by atoms with Crippen LogP contribution in [-0.4, -0.2) is 31.8 Å². The zero-order valence-electron chi connectivity index (χ0n) is 11.8. The van der Waals surface area contributed by atoms with Gasteiger partial charge in [-0.2, -0.15) is 0 Å². The molecule has 0 radical (unpaired) electrons. The third kappa shape index (κ3) is 3.58. The summed E-state index contributed by atoms with van der Waals surface area (Å²) < 4.78 is 1.51. The Balaban J connectivity index is 1.70. The highest BCUT2D eigenvalue weighted by Gasteiger charge is 2.14. The molecule has 0 atom stereocenters. The highest BCUT2D eigenvalue weighted by molar-refractivity contribution is 7.14. The van der Waals surface area contributed by atoms with Crippen LogP contribution in [0.4, 0.5) is 5.13 Å². The van der Waals surface area contributed by atoms with E-state index in [4.69, 9.17) is 5.73 Å². The van der Waals surface area contributed by atoms with Crippen molar-refractivity contribution in [1.29, 1.82) is 0 Å². The average Bonchev–Trinajstić information content (AvgIpc) is 3.17. The van der Waals surface area contributed by atoms with E-state index < -0.39 is 11.8 Å². The number of carbonyl (C=O) groups is 2. The Kier molecular flexibility index (Phi) is 4.11. The maximum absolute atomic E-state index is 12.1. The van der Waals surface area contributed by atoms with E-state index in [1.54, 1.807) is 5.38 Å². The van der Waals surface area contributed by atoms with Gasteiger partial charge in [-0.25, -0.2) is 9.67 Å². The van der Waals surface area contributed by atoms with Gasteiger partial charge in [0.05, 0.1) is 24.0 Å². The van der Waals surface area contributed by atoms with Gasteiger partial charge in [-0.15, -0.1) is 16.4 Å². The van der Waals surface area contributed by atoms with Crippen molar-refractivity contribution in [2.45, 2.75) is 6.42 Å². The van der Waals surface area contributed by atoms with E-state index in [2.05, 4.69) is 20.6 Å². The maximum Gasteiger partial charge on any atom is 0.279 e. The second-order valence-electron chi connectivity index (χ2n) is 4.63. The van der Waals surface area contributed by atoms with Gasteiger partial charge >= 0.3 is 0 Å². The number of nitrogens with zero attached hydrogens (tertiary/aromatic N) is 4. The highest BCUT2D eigenvalue weighted by Crippen LogP contribution is 2.16. The van der Waals surface area contributed by atoms with Crippen molar-refractivity contribution in [1.82, 2.24) is 20.0 Å². The quantitative estimate of drug-likeness (QED) is 0.725. The lowest BCUT2D eigenvalue weighted by Gasteiger charge is -1.98. The van der Waals surface area contributed by atoms with Gasteiger partial charge < -0.3 is 5.73 Å². The summed E-state index contributed by atoms with van der Waals surface area (Å²) in [4.78, 5) is 27.1. The predicted octanol–water partition coefficient (Wildman–Crippen LogP) is 1.00. The number of benzene rings is 1. The molecule has 116 valence electrons. The fourth-order valence-corrected chi connectivity index (χ4v) is 2.57. The van der Waals surface area contributed by atoms with Crippen molar-refractivity contribution in [2.75, 3.05) is 5.32 Å². The predicted molar refractivity (Wildman–Crippen MR) is 84.3 cm³/mol. The van der Waals surface area contributed by atoms with Gasteiger partial charge in [-0.3, -0.25) is 14.9 Å². The van der Waals surface area contributed by atoms with E-state index in [1.807, 2.05) is 30.3 Å². The zero-order valence-corrected chi connectivity index (χ0v) is 12.7. The minimum absolute atomic E-state index is 0.0383. The Morgan fingerprint density at radius 3 is 2.78 bits per heavy atom. The summed E-state index contributed by atoms with van der Waals surface area (Å²) in [7, 11) is 0. The van der Waals surface area contributed by atoms with Crippen LogP contribution < -0.4 is 11.1 Å². The van der Waals surface area contributed by atoms with Gasteiger partial charge in [0.1, 0.15) is 0 Å². The first-order valence-electron chi connectivity index (χ1n) is 6.63. The summed E-state index contributed by atoms with van der Waals surface area (Å²) in [5.41, 5.74) is 6.59. The number of aromatic nitrogens is 4. The lowest BCUT2D eigenvalue weighted by atomic mass is 10.3. The highest BCUT2D eigenvalue weighted by atomic mass is 32.1. The molecule has 0 bridgehead atoms. The second-order valence-corrected chi connectivity index (χ2v) is 5.48. The van der Waals surface area contributed by atoms with Crippen molar-refractivity contribution in [2.24, 2.45) is 5.73 Å². The van der Waals surface area contributed by atoms with E-state index in [0.29, 0.717) is 10.8 Å². The topological polar surface area (TPSA) is 116 Å². The molecule has 3 rings (SSSR count). The molecule has 3 N–H and O–H groups in total. The summed E-state index contributed by atoms with van der Waals surface area (Å²) in [6, 6.07) is 9.33. The molecule has 9 heteroatoms. The van der Waals surface area contributed by atoms with Gasteiger partial charge in [0.2, 0.25) is 5.91 Å². The number of anilines is 1. The number of carbonyl (C=O) groups excluding carboxylic acids is 2. The molecule has 0 saturated carbocycles. The minimum atomic E-state index is -0.473. The summed E-state index contributed by atoms with van der Waals surface area (Å²) >= 11 is 1.21. The number of primary amides is 1. The van der Waals surface area contributed by atoms with Crippen LogP contribution in [0.2, 0.25) is 0 Å². The maximum atomic E-state index is 12.1. The number of rotatable bonds is 5. The summed E-state index contributed by atoms with van der Waals surface area (Å²) in [5, 5.41) is 12.4. The molecule has 3 aromatic rings. The second kappa shape index (κ2) is 6.36. The van der Waals surface area contributed by atoms with Crippen molar-refractivity contribution in [3.05, 3.63) is 53.3 Å². The lowest BCUT2D eigenvalue weighted by molar-refractivity contribution is -0.117. The number of thiazole rings is 1. The van der Waals surface area contributed by atoms with E-state index in [0.717, 1.165) is 5.69 Å². The molecule has 0 fully saturated rings. The van der Waals surface area contributed by atoms with Crippen molar-refractivity contribution < 1.29 is 9.59 Å². The van der Waals surface area contributed by atoms with Crippen LogP contribution in [0.1, 0.15) is 16.2 Å². The SMILES string of the molecule is NC(=O)Cc1csc(NC(=O)c2cn(-c3ccccc3)nn2)n1. The number of hydrogen-bond donors (Lipinski definition) is 2. The Hall–Kier alpha value is -3.07. The summed E-state index contributed by atoms with van der Waals surface area (Å²) in [6.45, 7) is 0. The molecule has 0 aliphatic rings. The first kappa shape index (κ1) is 14.9. The van der Waals surface area contributed by atoms with Gasteiger partial charge in [0, 0.05) is 5.38 Å². The lowest BCUT2D eigenvalue weighted by Crippen LogP contribution is -2.14. The van der Waals surface area contributed by atoms with Crippen LogP contribution in [0.3, 0.4) is 0 Å². The standard InChI is InChI=1S/C14H12N6O2S/c15-12(21)6-9-8-23-14(16-9)17-13(22)11-7-20(19-18-11)10-4-2-1-3-5-10/h1-5,7-8H,6H2,(H2,15,21)(H,16,17,22). The Morgan fingerprint density at radius 2 is 2.04 bits per heavy atom.